The van der Waals surface area contributed by atoms with Crippen molar-refractivity contribution in [2.75, 3.05) is 0 Å². The zero-order valence-electron chi connectivity index (χ0n) is 9.87. The summed E-state index contributed by atoms with van der Waals surface area (Å²) in [6, 6.07) is 14.6. The standard InChI is InChI=1S/C10H14O4Si4/c1-2-6-9-8(4-1)5-3-7-10(9)18-13-16-11-15-12-17-14-18/h1-7,18H,15-17H2. The molecular formula is C10H14O4Si4. The normalized spacial score (nSPS) is 25.4. The second-order valence-electron chi connectivity index (χ2n) is 4.00. The van der Waals surface area contributed by atoms with E-state index in [1.54, 1.807) is 0 Å². The molecule has 0 amide bonds. The minimum absolute atomic E-state index is 0.796. The second-order valence-corrected chi connectivity index (χ2v) is 11.9. The molecule has 0 spiro atoms. The molecule has 1 saturated heterocycles. The average Bonchev–Trinajstić information content (AvgIpc) is 2.38. The van der Waals surface area contributed by atoms with Crippen LogP contribution < -0.4 is 5.19 Å². The van der Waals surface area contributed by atoms with E-state index in [1.807, 2.05) is 0 Å². The summed E-state index contributed by atoms with van der Waals surface area (Å²) in [5.74, 6) is 0. The van der Waals surface area contributed by atoms with Crippen LogP contribution in [0.25, 0.3) is 10.8 Å². The Morgan fingerprint density at radius 1 is 0.778 bits per heavy atom. The van der Waals surface area contributed by atoms with Crippen molar-refractivity contribution in [1.29, 1.82) is 0 Å². The molecule has 0 radical (unpaired) electrons. The zero-order valence-corrected chi connectivity index (χ0v) is 15.3. The minimum atomic E-state index is -1.81. The fraction of sp³-hybridized carbons (Fsp3) is 0. The van der Waals surface area contributed by atoms with Gasteiger partial charge in [0.15, 0.2) is 0 Å². The van der Waals surface area contributed by atoms with E-state index in [1.165, 1.54) is 16.0 Å². The maximum atomic E-state index is 5.90. The third kappa shape index (κ3) is 2.70. The minimum Gasteiger partial charge on any atom is -0.425 e. The second kappa shape index (κ2) is 6.03. The summed E-state index contributed by atoms with van der Waals surface area (Å²) in [4.78, 5) is 0. The molecule has 8 heteroatoms. The molecule has 94 valence electrons. The van der Waals surface area contributed by atoms with Crippen molar-refractivity contribution in [2.24, 2.45) is 0 Å². The third-order valence-electron chi connectivity index (χ3n) is 2.85. The first-order chi connectivity index (χ1) is 8.95. The molecule has 3 rings (SSSR count). The van der Waals surface area contributed by atoms with Crippen molar-refractivity contribution in [2.45, 2.75) is 0 Å². The van der Waals surface area contributed by atoms with Gasteiger partial charge in [0.1, 0.15) is 0 Å². The van der Waals surface area contributed by atoms with E-state index in [4.69, 9.17) is 16.5 Å². The van der Waals surface area contributed by atoms with E-state index >= 15 is 0 Å². The van der Waals surface area contributed by atoms with Gasteiger partial charge in [-0.2, -0.15) is 0 Å². The van der Waals surface area contributed by atoms with Gasteiger partial charge in [-0.15, -0.1) is 0 Å². The molecule has 1 fully saturated rings. The summed E-state index contributed by atoms with van der Waals surface area (Å²) in [6.45, 7) is 0. The lowest BCUT2D eigenvalue weighted by Crippen LogP contribution is -2.42. The molecule has 0 unspecified atom stereocenters. The summed E-state index contributed by atoms with van der Waals surface area (Å²) >= 11 is 0. The molecule has 0 bridgehead atoms. The Kier molecular flexibility index (Phi) is 4.17. The van der Waals surface area contributed by atoms with Crippen molar-refractivity contribution in [3.8, 4) is 0 Å². The Bertz CT molecular complexity index is 525. The average molecular weight is 311 g/mol. The van der Waals surface area contributed by atoms with Crippen LogP contribution in [0.4, 0.5) is 0 Å². The van der Waals surface area contributed by atoms with Gasteiger partial charge in [0.2, 0.25) is 0 Å². The van der Waals surface area contributed by atoms with Crippen LogP contribution in [0.5, 0.6) is 0 Å². The Balaban J connectivity index is 1.96. The van der Waals surface area contributed by atoms with Gasteiger partial charge in [0, 0.05) is 0 Å². The topological polar surface area (TPSA) is 36.9 Å². The molecule has 0 atom stereocenters. The van der Waals surface area contributed by atoms with Gasteiger partial charge in [-0.1, -0.05) is 42.5 Å². The highest BCUT2D eigenvalue weighted by Crippen LogP contribution is 2.12. The fourth-order valence-electron chi connectivity index (χ4n) is 2.03. The van der Waals surface area contributed by atoms with Crippen LogP contribution >= 0.6 is 0 Å². The molecule has 2 aromatic rings. The number of rotatable bonds is 1. The first kappa shape index (κ1) is 12.4. The van der Waals surface area contributed by atoms with Crippen molar-refractivity contribution < 1.29 is 16.5 Å². The van der Waals surface area contributed by atoms with E-state index in [-0.39, 0.29) is 0 Å². The van der Waals surface area contributed by atoms with E-state index < -0.39 is 39.3 Å². The van der Waals surface area contributed by atoms with Gasteiger partial charge in [-0.05, 0) is 16.0 Å². The molecule has 0 aromatic heterocycles. The predicted octanol–water partition coefficient (Wildman–Crippen LogP) is -1.66. The highest BCUT2D eigenvalue weighted by molar-refractivity contribution is 6.72. The zero-order chi connectivity index (χ0) is 12.2. The maximum Gasteiger partial charge on any atom is 0.338 e. The van der Waals surface area contributed by atoms with Crippen LogP contribution in [0, 0.1) is 0 Å². The Labute approximate surface area is 114 Å². The molecule has 2 aromatic carbocycles. The van der Waals surface area contributed by atoms with E-state index in [2.05, 4.69) is 42.5 Å². The molecule has 0 N–H and O–H groups in total. The van der Waals surface area contributed by atoms with Crippen LogP contribution in [0.2, 0.25) is 0 Å². The summed E-state index contributed by atoms with van der Waals surface area (Å²) < 4.78 is 22.7. The van der Waals surface area contributed by atoms with Gasteiger partial charge in [-0.25, -0.2) is 0 Å². The molecule has 1 aliphatic heterocycles. The van der Waals surface area contributed by atoms with Gasteiger partial charge in [0.25, 0.3) is 30.0 Å². The van der Waals surface area contributed by atoms with Gasteiger partial charge >= 0.3 is 9.28 Å². The largest absolute Gasteiger partial charge is 0.425 e. The molecule has 4 nitrogen and oxygen atoms in total. The third-order valence-corrected chi connectivity index (χ3v) is 10.0. The van der Waals surface area contributed by atoms with E-state index in [9.17, 15) is 0 Å². The van der Waals surface area contributed by atoms with E-state index in [0.717, 1.165) is 0 Å². The fourth-order valence-corrected chi connectivity index (χ4v) is 11.1. The Hall–Kier alpha value is -0.592. The highest BCUT2D eigenvalue weighted by atomic mass is 28.4. The van der Waals surface area contributed by atoms with Crippen molar-refractivity contribution >= 4 is 55.3 Å². The number of hydrogen-bond donors (Lipinski definition) is 0. The Morgan fingerprint density at radius 3 is 2.33 bits per heavy atom. The van der Waals surface area contributed by atoms with Crippen molar-refractivity contribution in [3.05, 3.63) is 42.5 Å². The van der Waals surface area contributed by atoms with Crippen LogP contribution in [0.15, 0.2) is 42.5 Å². The number of benzene rings is 2. The van der Waals surface area contributed by atoms with Crippen LogP contribution in [-0.2, 0) is 16.5 Å². The van der Waals surface area contributed by atoms with Crippen molar-refractivity contribution in [3.63, 3.8) is 0 Å². The molecule has 1 aliphatic rings. The maximum absolute atomic E-state index is 5.90. The number of fused-ring (bicyclic) bond motifs is 1. The summed E-state index contributed by atoms with van der Waals surface area (Å²) in [5, 5.41) is 3.68. The monoisotopic (exact) mass is 310 g/mol. The van der Waals surface area contributed by atoms with Crippen LogP contribution in [-0.4, -0.2) is 39.3 Å². The van der Waals surface area contributed by atoms with Crippen molar-refractivity contribution in [1.82, 2.24) is 0 Å². The van der Waals surface area contributed by atoms with Gasteiger partial charge in [0.05, 0.1) is 0 Å². The molecule has 18 heavy (non-hydrogen) atoms. The van der Waals surface area contributed by atoms with E-state index in [0.29, 0.717) is 0 Å². The molecule has 0 saturated carbocycles. The van der Waals surface area contributed by atoms with Gasteiger partial charge in [-0.3, -0.25) is 0 Å². The van der Waals surface area contributed by atoms with Crippen LogP contribution in [0.3, 0.4) is 0 Å². The first-order valence-electron chi connectivity index (χ1n) is 5.81. The first-order valence-corrected chi connectivity index (χ1v) is 10.8. The SMILES string of the molecule is c1ccc2c([SiH]3O[SiH2]O[SiH2]O[SiH2]O3)cccc2c1. The lowest BCUT2D eigenvalue weighted by Gasteiger charge is -2.21. The molecule has 1 heterocycles. The smallest absolute Gasteiger partial charge is 0.338 e. The summed E-state index contributed by atoms with van der Waals surface area (Å²) in [5.41, 5.74) is 0. The molecule has 0 aliphatic carbocycles. The molecular weight excluding hydrogens is 296 g/mol. The van der Waals surface area contributed by atoms with Crippen LogP contribution in [0.1, 0.15) is 0 Å². The predicted molar refractivity (Wildman–Crippen MR) is 80.7 cm³/mol. The van der Waals surface area contributed by atoms with Gasteiger partial charge < -0.3 is 16.5 Å². The summed E-state index contributed by atoms with van der Waals surface area (Å²) in [6.07, 6.45) is 0. The Morgan fingerprint density at radius 2 is 1.50 bits per heavy atom. The quantitative estimate of drug-likeness (QED) is 0.591. The lowest BCUT2D eigenvalue weighted by atomic mass is 10.1. The lowest BCUT2D eigenvalue weighted by molar-refractivity contribution is 0.337. The number of hydrogen-bond acceptors (Lipinski definition) is 4. The summed E-state index contributed by atoms with van der Waals surface area (Å²) in [7, 11) is -4.43. The highest BCUT2D eigenvalue weighted by Gasteiger charge is 2.20.